The van der Waals surface area contributed by atoms with Gasteiger partial charge in [-0.15, -0.1) is 0 Å². The van der Waals surface area contributed by atoms with Gasteiger partial charge in [-0.2, -0.15) is 5.26 Å². The first kappa shape index (κ1) is 38.7. The third-order valence-electron chi connectivity index (χ3n) is 12.3. The molecule has 7 atom stereocenters. The van der Waals surface area contributed by atoms with Crippen molar-refractivity contribution in [1.82, 2.24) is 15.5 Å². The predicted octanol–water partition coefficient (Wildman–Crippen LogP) is 7.41. The lowest BCUT2D eigenvalue weighted by atomic mass is 9.56. The molecule has 6 rings (SSSR count). The predicted molar refractivity (Wildman–Crippen MR) is 210 cm³/mol. The second-order valence-electron chi connectivity index (χ2n) is 16.0. The van der Waals surface area contributed by atoms with Crippen LogP contribution in [-0.4, -0.2) is 81.0 Å². The number of para-hydroxylation sites is 1. The molecule has 2 heterocycles. The van der Waals surface area contributed by atoms with Gasteiger partial charge in [-0.25, -0.2) is 0 Å². The van der Waals surface area contributed by atoms with Gasteiger partial charge < -0.3 is 35.6 Å². The summed E-state index contributed by atoms with van der Waals surface area (Å²) in [5.74, 6) is 1.07. The van der Waals surface area contributed by atoms with E-state index in [1.54, 1.807) is 0 Å². The summed E-state index contributed by atoms with van der Waals surface area (Å²) in [4.78, 5) is 15.5. The average Bonchev–Trinajstić information content (AvgIpc) is 3.11. The first-order chi connectivity index (χ1) is 25.3. The molecule has 52 heavy (non-hydrogen) atoms. The minimum absolute atomic E-state index is 0.0788. The molecule has 10 heteroatoms. The molecule has 2 aliphatic heterocycles. The third kappa shape index (κ3) is 9.36. The lowest BCUT2D eigenvalue weighted by molar-refractivity contribution is -0.127. The Bertz CT molecular complexity index is 1510. The normalized spacial score (nSPS) is 29.4. The third-order valence-corrected chi connectivity index (χ3v) is 12.6. The van der Waals surface area contributed by atoms with Gasteiger partial charge in [0, 0.05) is 48.4 Å². The number of nitrogens with zero attached hydrogens (tertiary/aromatic N) is 2. The van der Waals surface area contributed by atoms with Crippen LogP contribution in [-0.2, 0) is 16.0 Å². The maximum absolute atomic E-state index is 13.3. The highest BCUT2D eigenvalue weighted by atomic mass is 35.5. The zero-order valence-electron chi connectivity index (χ0n) is 31.6. The maximum atomic E-state index is 13.3. The number of rotatable bonds is 13. The Hall–Kier alpha value is -3.03. The Morgan fingerprint density at radius 3 is 2.63 bits per heavy atom. The summed E-state index contributed by atoms with van der Waals surface area (Å²) in [6.07, 6.45) is 13.5. The minimum atomic E-state index is -0.248. The van der Waals surface area contributed by atoms with Crippen molar-refractivity contribution < 1.29 is 14.3 Å². The molecule has 4 N–H and O–H groups in total. The zero-order valence-corrected chi connectivity index (χ0v) is 32.4. The first-order valence-electron chi connectivity index (χ1n) is 20.0. The number of ether oxygens (including phenoxy) is 2. The number of piperidine rings is 1. The Balaban J connectivity index is 1.22. The number of fused-ring (bicyclic) bond motifs is 2. The molecule has 0 aromatic heterocycles. The monoisotopic (exact) mass is 732 g/mol. The molecule has 0 radical (unpaired) electrons. The van der Waals surface area contributed by atoms with Crippen LogP contribution in [0.1, 0.15) is 89.5 Å². The van der Waals surface area contributed by atoms with Crippen LogP contribution in [0, 0.1) is 29.1 Å². The van der Waals surface area contributed by atoms with E-state index in [4.69, 9.17) is 21.1 Å². The molecule has 4 aliphatic rings. The summed E-state index contributed by atoms with van der Waals surface area (Å²) in [6, 6.07) is 17.0. The number of aryl methyl sites for hydroxylation is 1. The fourth-order valence-electron chi connectivity index (χ4n) is 9.64. The Morgan fingerprint density at radius 1 is 1.10 bits per heavy atom. The molecule has 284 valence electrons. The highest BCUT2D eigenvalue weighted by Crippen LogP contribution is 2.50. The largest absolute Gasteiger partial charge is 0.490 e. The van der Waals surface area contributed by atoms with E-state index in [9.17, 15) is 10.1 Å². The van der Waals surface area contributed by atoms with Crippen LogP contribution in [0.5, 0.6) is 5.75 Å². The summed E-state index contributed by atoms with van der Waals surface area (Å²) >= 11 is 6.90. The molecule has 7 unspecified atom stereocenters. The summed E-state index contributed by atoms with van der Waals surface area (Å²) in [5.41, 5.74) is 3.21. The summed E-state index contributed by atoms with van der Waals surface area (Å²) in [7, 11) is 4.08. The SMILES string of the molecule is CCOC1CC2(C3CCCCCCC3)NCC(C#N)C(Nc3ccc(OCC4CCc5ccccc5N4)c(Cl)c3)C2CC1NC(=O)CCCN(C)C. The Labute approximate surface area is 316 Å². The van der Waals surface area contributed by atoms with E-state index in [-0.39, 0.29) is 47.5 Å². The van der Waals surface area contributed by atoms with Gasteiger partial charge in [-0.05, 0) is 108 Å². The van der Waals surface area contributed by atoms with Crippen LogP contribution in [0.4, 0.5) is 11.4 Å². The maximum Gasteiger partial charge on any atom is 0.220 e. The quantitative estimate of drug-likeness (QED) is 0.169. The van der Waals surface area contributed by atoms with Crippen molar-refractivity contribution in [2.45, 2.75) is 120 Å². The molecule has 3 fully saturated rings. The van der Waals surface area contributed by atoms with Gasteiger partial charge in [0.25, 0.3) is 0 Å². The van der Waals surface area contributed by atoms with Gasteiger partial charge in [-0.1, -0.05) is 61.9 Å². The summed E-state index contributed by atoms with van der Waals surface area (Å²) < 4.78 is 12.8. The minimum Gasteiger partial charge on any atom is -0.490 e. The standard InChI is InChI=1S/C42H61ClN6O3/c1-4-51-39-25-42(31-14-8-6-5-7-9-15-31)34(24-37(39)48-40(50)17-12-22-49(2)3)41(30(26-44)27-45-42)47-32-20-21-38(35(43)23-32)52-28-33-19-18-29-13-10-11-16-36(29)46-33/h10-11,13,16,20-21,23,30-31,33-34,37,39,41,45-47H,4-9,12,14-15,17-19,22,24-25,27-28H2,1-3H3,(H,48,50). The van der Waals surface area contributed by atoms with Crippen molar-refractivity contribution in [2.24, 2.45) is 17.8 Å². The lowest BCUT2D eigenvalue weighted by Gasteiger charge is -2.60. The van der Waals surface area contributed by atoms with Crippen molar-refractivity contribution in [3.8, 4) is 11.8 Å². The van der Waals surface area contributed by atoms with Crippen LogP contribution < -0.4 is 26.0 Å². The van der Waals surface area contributed by atoms with Crippen LogP contribution in [0.2, 0.25) is 5.02 Å². The van der Waals surface area contributed by atoms with Crippen molar-refractivity contribution in [2.75, 3.05) is 51.0 Å². The molecule has 2 aromatic rings. The van der Waals surface area contributed by atoms with E-state index in [1.165, 1.54) is 56.2 Å². The molecular formula is C42H61ClN6O3. The molecule has 2 aromatic carbocycles. The molecule has 1 saturated heterocycles. The highest BCUT2D eigenvalue weighted by Gasteiger charge is 2.58. The van der Waals surface area contributed by atoms with Crippen molar-refractivity contribution in [1.29, 1.82) is 5.26 Å². The van der Waals surface area contributed by atoms with Crippen LogP contribution in [0.3, 0.4) is 0 Å². The van der Waals surface area contributed by atoms with E-state index < -0.39 is 0 Å². The number of nitrogens with one attached hydrogen (secondary N) is 4. The smallest absolute Gasteiger partial charge is 0.220 e. The first-order valence-corrected chi connectivity index (χ1v) is 20.4. The van der Waals surface area contributed by atoms with Crippen molar-refractivity contribution in [3.63, 3.8) is 0 Å². The molecule has 0 bridgehead atoms. The topological polar surface area (TPSA) is 111 Å². The second kappa shape index (κ2) is 18.3. The van der Waals surface area contributed by atoms with Crippen LogP contribution in [0.25, 0.3) is 0 Å². The number of nitriles is 1. The van der Waals surface area contributed by atoms with Gasteiger partial charge in [0.15, 0.2) is 0 Å². The van der Waals surface area contributed by atoms with Gasteiger partial charge in [0.2, 0.25) is 5.91 Å². The van der Waals surface area contributed by atoms with Gasteiger partial charge in [0.05, 0.1) is 35.2 Å². The summed E-state index contributed by atoms with van der Waals surface area (Å²) in [6.45, 7) is 4.67. The number of carbonyl (C=O) groups is 1. The number of hydrogen-bond acceptors (Lipinski definition) is 8. The van der Waals surface area contributed by atoms with Gasteiger partial charge >= 0.3 is 0 Å². The van der Waals surface area contributed by atoms with Crippen molar-refractivity contribution in [3.05, 3.63) is 53.1 Å². The molecule has 9 nitrogen and oxygen atoms in total. The number of benzene rings is 2. The number of halogens is 1. The molecular weight excluding hydrogens is 672 g/mol. The van der Waals surface area contributed by atoms with E-state index in [0.29, 0.717) is 42.9 Å². The molecule has 2 aliphatic carbocycles. The Morgan fingerprint density at radius 2 is 1.88 bits per heavy atom. The van der Waals surface area contributed by atoms with Crippen LogP contribution in [0.15, 0.2) is 42.5 Å². The number of hydrogen-bond donors (Lipinski definition) is 4. The van der Waals surface area contributed by atoms with E-state index in [1.807, 2.05) is 32.3 Å². The van der Waals surface area contributed by atoms with Gasteiger partial charge in [0.1, 0.15) is 12.4 Å². The van der Waals surface area contributed by atoms with Crippen molar-refractivity contribution >= 4 is 28.9 Å². The van der Waals surface area contributed by atoms with E-state index in [2.05, 4.69) is 63.4 Å². The Kier molecular flexibility index (Phi) is 13.6. The summed E-state index contributed by atoms with van der Waals surface area (Å²) in [5, 5.41) is 26.0. The number of amides is 1. The lowest BCUT2D eigenvalue weighted by Crippen LogP contribution is -2.73. The highest BCUT2D eigenvalue weighted by molar-refractivity contribution is 6.32. The van der Waals surface area contributed by atoms with E-state index in [0.717, 1.165) is 44.3 Å². The van der Waals surface area contributed by atoms with E-state index >= 15 is 0 Å². The van der Waals surface area contributed by atoms with Gasteiger partial charge in [-0.3, -0.25) is 4.79 Å². The zero-order chi connectivity index (χ0) is 36.5. The molecule has 2 saturated carbocycles. The fraction of sp³-hybridized carbons (Fsp3) is 0.667. The fourth-order valence-corrected chi connectivity index (χ4v) is 9.88. The molecule has 0 spiro atoms. The second-order valence-corrected chi connectivity index (χ2v) is 16.4. The number of carbonyl (C=O) groups excluding carboxylic acids is 1. The molecule has 1 amide bonds. The number of anilines is 2. The average molecular weight is 733 g/mol. The van der Waals surface area contributed by atoms with Crippen LogP contribution >= 0.6 is 11.6 Å².